The van der Waals surface area contributed by atoms with Crippen LogP contribution < -0.4 is 10.2 Å². The van der Waals surface area contributed by atoms with Crippen molar-refractivity contribution in [2.75, 3.05) is 17.2 Å². The molecule has 0 saturated heterocycles. The minimum absolute atomic E-state index is 0.0407. The average molecular weight is 514 g/mol. The van der Waals surface area contributed by atoms with Crippen LogP contribution in [0.4, 0.5) is 5.69 Å². The van der Waals surface area contributed by atoms with Gasteiger partial charge in [0.05, 0.1) is 10.6 Å². The van der Waals surface area contributed by atoms with E-state index in [0.717, 1.165) is 11.1 Å². The number of sulfone groups is 1. The Morgan fingerprint density at radius 2 is 1.90 bits per heavy atom. The smallest absolute Gasteiger partial charge is 0.226 e. The lowest BCUT2D eigenvalue weighted by molar-refractivity contribution is -0.121. The first kappa shape index (κ1) is 22.8. The zero-order valence-electron chi connectivity index (χ0n) is 16.5. The Kier molecular flexibility index (Phi) is 7.21. The number of fused-ring (bicyclic) bond motifs is 1. The number of hydrogen-bond acceptors (Lipinski definition) is 4. The molecule has 0 radical (unpaired) electrons. The molecule has 0 unspecified atom stereocenters. The van der Waals surface area contributed by atoms with Crippen LogP contribution in [0.2, 0.25) is 5.02 Å². The normalized spacial score (nSPS) is 13.2. The summed E-state index contributed by atoms with van der Waals surface area (Å²) in [6, 6.07) is 10.3. The molecule has 0 spiro atoms. The van der Waals surface area contributed by atoms with Crippen LogP contribution in [-0.4, -0.2) is 32.5 Å². The molecule has 0 atom stereocenters. The first-order valence-corrected chi connectivity index (χ1v) is 12.4. The van der Waals surface area contributed by atoms with Gasteiger partial charge >= 0.3 is 0 Å². The number of nitrogens with one attached hydrogen (secondary N) is 1. The maximum absolute atomic E-state index is 12.9. The Morgan fingerprint density at radius 1 is 1.20 bits per heavy atom. The van der Waals surface area contributed by atoms with Gasteiger partial charge in [0.25, 0.3) is 0 Å². The van der Waals surface area contributed by atoms with Crippen molar-refractivity contribution in [3.8, 4) is 0 Å². The number of anilines is 1. The van der Waals surface area contributed by atoms with E-state index in [1.165, 1.54) is 0 Å². The molecule has 0 saturated carbocycles. The Balaban J connectivity index is 1.67. The second-order valence-electron chi connectivity index (χ2n) is 7.03. The topological polar surface area (TPSA) is 83.6 Å². The summed E-state index contributed by atoms with van der Waals surface area (Å²) >= 11 is 9.18. The molecule has 2 aromatic carbocycles. The number of halogens is 2. The molecule has 2 aromatic rings. The molecule has 160 valence electrons. The molecule has 1 aliphatic heterocycles. The van der Waals surface area contributed by atoms with E-state index in [9.17, 15) is 18.0 Å². The van der Waals surface area contributed by atoms with E-state index in [1.54, 1.807) is 48.2 Å². The third kappa shape index (κ3) is 5.22. The van der Waals surface area contributed by atoms with E-state index < -0.39 is 9.84 Å². The van der Waals surface area contributed by atoms with Gasteiger partial charge in [-0.25, -0.2) is 8.42 Å². The molecule has 2 amide bonds. The Bertz CT molecular complexity index is 1070. The van der Waals surface area contributed by atoms with Crippen molar-refractivity contribution in [1.29, 1.82) is 0 Å². The maximum atomic E-state index is 12.9. The standard InChI is InChI=1S/C21H22BrClN2O4S/c1-2-21(27)25-9-7-15-11-17(22)19(12-18(15)25)30(28,29)10-8-20(26)24-13-14-3-5-16(23)6-4-14/h3-6,11-12H,2,7-10,13H2,1H3,(H,24,26). The minimum Gasteiger partial charge on any atom is -0.352 e. The molecule has 1 aliphatic rings. The van der Waals surface area contributed by atoms with E-state index >= 15 is 0 Å². The number of hydrogen-bond donors (Lipinski definition) is 1. The second kappa shape index (κ2) is 9.49. The van der Waals surface area contributed by atoms with Crippen LogP contribution in [0.1, 0.15) is 30.9 Å². The molecule has 3 rings (SSSR count). The number of carbonyl (C=O) groups is 2. The number of benzene rings is 2. The van der Waals surface area contributed by atoms with Gasteiger partial charge in [-0.3, -0.25) is 9.59 Å². The van der Waals surface area contributed by atoms with E-state index in [2.05, 4.69) is 21.2 Å². The maximum Gasteiger partial charge on any atom is 0.226 e. The fraction of sp³-hybridized carbons (Fsp3) is 0.333. The Hall–Kier alpha value is -1.90. The van der Waals surface area contributed by atoms with E-state index in [0.29, 0.717) is 41.1 Å². The Morgan fingerprint density at radius 3 is 2.57 bits per heavy atom. The summed E-state index contributed by atoms with van der Waals surface area (Å²) in [6.07, 6.45) is 0.884. The van der Waals surface area contributed by atoms with Crippen LogP contribution in [0, 0.1) is 0 Å². The van der Waals surface area contributed by atoms with Crippen LogP contribution in [0.15, 0.2) is 45.8 Å². The van der Waals surface area contributed by atoms with Gasteiger partial charge in [-0.2, -0.15) is 0 Å². The summed E-state index contributed by atoms with van der Waals surface area (Å²) in [5, 5.41) is 3.32. The summed E-state index contributed by atoms with van der Waals surface area (Å²) in [7, 11) is -3.72. The monoisotopic (exact) mass is 512 g/mol. The summed E-state index contributed by atoms with van der Waals surface area (Å²) in [5.74, 6) is -0.715. The predicted molar refractivity (Wildman–Crippen MR) is 120 cm³/mol. The van der Waals surface area contributed by atoms with Crippen LogP contribution >= 0.6 is 27.5 Å². The van der Waals surface area contributed by atoms with Gasteiger partial charge < -0.3 is 10.2 Å². The van der Waals surface area contributed by atoms with E-state index in [4.69, 9.17) is 11.6 Å². The predicted octanol–water partition coefficient (Wildman–Crippen LogP) is 3.88. The molecule has 1 heterocycles. The molecule has 6 nitrogen and oxygen atoms in total. The van der Waals surface area contributed by atoms with E-state index in [-0.39, 0.29) is 28.9 Å². The van der Waals surface area contributed by atoms with Crippen LogP contribution in [0.5, 0.6) is 0 Å². The van der Waals surface area contributed by atoms with Crippen molar-refractivity contribution in [3.05, 3.63) is 57.0 Å². The van der Waals surface area contributed by atoms with Crippen molar-refractivity contribution in [1.82, 2.24) is 5.32 Å². The lowest BCUT2D eigenvalue weighted by atomic mass is 10.2. The highest BCUT2D eigenvalue weighted by molar-refractivity contribution is 9.10. The molecule has 1 N–H and O–H groups in total. The molecular formula is C21H22BrClN2O4S. The molecule has 0 aliphatic carbocycles. The number of amides is 2. The second-order valence-corrected chi connectivity index (χ2v) is 10.4. The highest BCUT2D eigenvalue weighted by atomic mass is 79.9. The SMILES string of the molecule is CCC(=O)N1CCc2cc(Br)c(S(=O)(=O)CCC(=O)NCc3ccc(Cl)cc3)cc21. The summed E-state index contributed by atoms with van der Waals surface area (Å²) in [5.41, 5.74) is 2.44. The highest BCUT2D eigenvalue weighted by Crippen LogP contribution is 2.36. The third-order valence-electron chi connectivity index (χ3n) is 4.97. The number of nitrogens with zero attached hydrogens (tertiary/aromatic N) is 1. The first-order chi connectivity index (χ1) is 14.2. The Labute approximate surface area is 189 Å². The van der Waals surface area contributed by atoms with Gasteiger partial charge in [0.15, 0.2) is 9.84 Å². The van der Waals surface area contributed by atoms with Gasteiger partial charge in [-0.05, 0) is 57.7 Å². The highest BCUT2D eigenvalue weighted by Gasteiger charge is 2.28. The average Bonchev–Trinajstić information content (AvgIpc) is 3.13. The van der Waals surface area contributed by atoms with Crippen LogP contribution in [0.25, 0.3) is 0 Å². The molecule has 0 bridgehead atoms. The lowest BCUT2D eigenvalue weighted by Crippen LogP contribution is -2.28. The van der Waals surface area contributed by atoms with Gasteiger partial charge in [0.2, 0.25) is 11.8 Å². The molecule has 9 heteroatoms. The van der Waals surface area contributed by atoms with Gasteiger partial charge in [0.1, 0.15) is 0 Å². The zero-order valence-corrected chi connectivity index (χ0v) is 19.6. The summed E-state index contributed by atoms with van der Waals surface area (Å²) in [4.78, 5) is 26.0. The fourth-order valence-electron chi connectivity index (χ4n) is 3.30. The van der Waals surface area contributed by atoms with Crippen molar-refractivity contribution in [2.24, 2.45) is 0 Å². The molecule has 0 fully saturated rings. The van der Waals surface area contributed by atoms with Crippen molar-refractivity contribution in [3.63, 3.8) is 0 Å². The van der Waals surface area contributed by atoms with Crippen molar-refractivity contribution in [2.45, 2.75) is 37.6 Å². The fourth-order valence-corrected chi connectivity index (χ4v) is 5.88. The largest absolute Gasteiger partial charge is 0.352 e. The number of carbonyl (C=O) groups excluding carboxylic acids is 2. The first-order valence-electron chi connectivity index (χ1n) is 9.58. The lowest BCUT2D eigenvalue weighted by Gasteiger charge is -2.18. The van der Waals surface area contributed by atoms with E-state index in [1.807, 2.05) is 0 Å². The summed E-state index contributed by atoms with van der Waals surface area (Å²) in [6.45, 7) is 2.62. The van der Waals surface area contributed by atoms with Gasteiger partial charge in [-0.15, -0.1) is 0 Å². The quantitative estimate of drug-likeness (QED) is 0.609. The minimum atomic E-state index is -3.72. The van der Waals surface area contributed by atoms with Crippen LogP contribution in [0.3, 0.4) is 0 Å². The number of rotatable bonds is 7. The molecule has 30 heavy (non-hydrogen) atoms. The zero-order chi connectivity index (χ0) is 21.9. The van der Waals surface area contributed by atoms with Crippen LogP contribution in [-0.2, 0) is 32.4 Å². The van der Waals surface area contributed by atoms with Crippen molar-refractivity contribution < 1.29 is 18.0 Å². The third-order valence-corrected chi connectivity index (χ3v) is 7.89. The van der Waals surface area contributed by atoms with Gasteiger partial charge in [0, 0.05) is 41.1 Å². The molecule has 0 aromatic heterocycles. The molecular weight excluding hydrogens is 492 g/mol. The van der Waals surface area contributed by atoms with Gasteiger partial charge in [-0.1, -0.05) is 30.7 Å². The van der Waals surface area contributed by atoms with Crippen molar-refractivity contribution >= 4 is 54.9 Å². The summed E-state index contributed by atoms with van der Waals surface area (Å²) < 4.78 is 26.2.